The van der Waals surface area contributed by atoms with Gasteiger partial charge in [-0.05, 0) is 37.1 Å². The highest BCUT2D eigenvalue weighted by Gasteiger charge is 2.25. The van der Waals surface area contributed by atoms with E-state index in [4.69, 9.17) is 0 Å². The molecule has 6 nitrogen and oxygen atoms in total. The van der Waals surface area contributed by atoms with Crippen LogP contribution in [0, 0.1) is 0 Å². The number of nitrogens with one attached hydrogen (secondary N) is 1. The van der Waals surface area contributed by atoms with E-state index in [0.717, 1.165) is 18.7 Å². The van der Waals surface area contributed by atoms with Gasteiger partial charge in [-0.15, -0.1) is 10.2 Å². The van der Waals surface area contributed by atoms with E-state index in [1.807, 2.05) is 22.7 Å². The van der Waals surface area contributed by atoms with Crippen molar-refractivity contribution in [3.63, 3.8) is 0 Å². The molecular formula is C16H15N5O. The minimum Gasteiger partial charge on any atom is -0.319 e. The summed E-state index contributed by atoms with van der Waals surface area (Å²) < 4.78 is 1.98. The second-order valence-corrected chi connectivity index (χ2v) is 5.49. The Morgan fingerprint density at radius 1 is 1.18 bits per heavy atom. The number of aromatic nitrogens is 4. The molecule has 0 saturated heterocycles. The van der Waals surface area contributed by atoms with Crippen LogP contribution in [0.1, 0.15) is 41.4 Å². The molecule has 0 aromatic carbocycles. The average Bonchev–Trinajstić information content (AvgIpc) is 2.91. The molecule has 1 N–H and O–H groups in total. The van der Waals surface area contributed by atoms with Crippen molar-refractivity contribution in [1.29, 1.82) is 0 Å². The molecule has 1 fully saturated rings. The van der Waals surface area contributed by atoms with E-state index in [9.17, 15) is 4.79 Å². The van der Waals surface area contributed by atoms with Crippen molar-refractivity contribution in [3.05, 3.63) is 54.2 Å². The van der Waals surface area contributed by atoms with Gasteiger partial charge in [-0.3, -0.25) is 14.2 Å². The third-order valence-corrected chi connectivity index (χ3v) is 4.12. The first kappa shape index (κ1) is 12.9. The molecule has 4 rings (SSSR count). The van der Waals surface area contributed by atoms with Gasteiger partial charge >= 0.3 is 0 Å². The molecule has 3 heterocycles. The molecule has 0 spiro atoms. The molecule has 1 aliphatic carbocycles. The lowest BCUT2D eigenvalue weighted by Gasteiger charge is -2.23. The Balaban J connectivity index is 1.67. The number of carbonyl (C=O) groups is 1. The molecule has 3 aromatic heterocycles. The van der Waals surface area contributed by atoms with Crippen LogP contribution in [0.15, 0.2) is 42.9 Å². The topological polar surface area (TPSA) is 72.2 Å². The lowest BCUT2D eigenvalue weighted by Crippen LogP contribution is -2.14. The van der Waals surface area contributed by atoms with Crippen molar-refractivity contribution >= 4 is 17.2 Å². The molecule has 0 unspecified atom stereocenters. The summed E-state index contributed by atoms with van der Waals surface area (Å²) in [4.78, 5) is 16.2. The summed E-state index contributed by atoms with van der Waals surface area (Å²) in [5, 5.41) is 11.5. The fraction of sp³-hybridized carbons (Fsp3) is 0.250. The fourth-order valence-corrected chi connectivity index (χ4v) is 2.67. The van der Waals surface area contributed by atoms with Gasteiger partial charge < -0.3 is 5.32 Å². The minimum atomic E-state index is -0.177. The molecular weight excluding hydrogens is 278 g/mol. The number of rotatable bonds is 3. The van der Waals surface area contributed by atoms with Crippen LogP contribution >= 0.6 is 0 Å². The fourth-order valence-electron chi connectivity index (χ4n) is 2.67. The van der Waals surface area contributed by atoms with E-state index in [1.165, 1.54) is 6.42 Å². The zero-order chi connectivity index (χ0) is 14.9. The van der Waals surface area contributed by atoms with E-state index in [0.29, 0.717) is 22.8 Å². The van der Waals surface area contributed by atoms with E-state index >= 15 is 0 Å². The number of hydrogen-bond acceptors (Lipinski definition) is 4. The van der Waals surface area contributed by atoms with E-state index in [2.05, 4.69) is 20.5 Å². The largest absolute Gasteiger partial charge is 0.319 e. The summed E-state index contributed by atoms with van der Waals surface area (Å²) in [5.41, 5.74) is 1.92. The molecule has 3 aromatic rings. The maximum atomic E-state index is 12.3. The SMILES string of the molecule is O=C(Nc1cccn2c(C3CCC3)nnc12)c1ccncc1. The first-order valence-electron chi connectivity index (χ1n) is 7.38. The van der Waals surface area contributed by atoms with Crippen molar-refractivity contribution in [2.75, 3.05) is 5.32 Å². The van der Waals surface area contributed by atoms with E-state index < -0.39 is 0 Å². The third kappa shape index (κ3) is 2.13. The highest BCUT2D eigenvalue weighted by Crippen LogP contribution is 2.35. The van der Waals surface area contributed by atoms with Gasteiger partial charge in [0.15, 0.2) is 5.65 Å². The predicted molar refractivity (Wildman–Crippen MR) is 81.8 cm³/mol. The molecule has 0 atom stereocenters. The number of anilines is 1. The van der Waals surface area contributed by atoms with Crippen LogP contribution in [0.25, 0.3) is 5.65 Å². The molecule has 110 valence electrons. The molecule has 1 saturated carbocycles. The van der Waals surface area contributed by atoms with Crippen LogP contribution in [0.2, 0.25) is 0 Å². The highest BCUT2D eigenvalue weighted by atomic mass is 16.1. The van der Waals surface area contributed by atoms with Crippen molar-refractivity contribution in [2.45, 2.75) is 25.2 Å². The van der Waals surface area contributed by atoms with Crippen LogP contribution in [-0.2, 0) is 0 Å². The van der Waals surface area contributed by atoms with E-state index in [-0.39, 0.29) is 5.91 Å². The summed E-state index contributed by atoms with van der Waals surface area (Å²) in [6.45, 7) is 0. The van der Waals surface area contributed by atoms with E-state index in [1.54, 1.807) is 24.5 Å². The van der Waals surface area contributed by atoms with Gasteiger partial charge in [0.1, 0.15) is 5.82 Å². The van der Waals surface area contributed by atoms with Crippen molar-refractivity contribution < 1.29 is 4.79 Å². The van der Waals surface area contributed by atoms with Crippen LogP contribution in [0.4, 0.5) is 5.69 Å². The lowest BCUT2D eigenvalue weighted by molar-refractivity contribution is 0.102. The standard InChI is InChI=1S/C16H15N5O/c22-16(12-6-8-17-9-7-12)18-13-5-2-10-21-14(11-3-1-4-11)19-20-15(13)21/h2,5-11H,1,3-4H2,(H,18,22). The minimum absolute atomic E-state index is 0.177. The van der Waals surface area contributed by atoms with Gasteiger partial charge in [0.25, 0.3) is 5.91 Å². The van der Waals surface area contributed by atoms with Crippen LogP contribution in [0.5, 0.6) is 0 Å². The van der Waals surface area contributed by atoms with Crippen LogP contribution in [0.3, 0.4) is 0 Å². The summed E-state index contributed by atoms with van der Waals surface area (Å²) in [5.74, 6) is 1.30. The molecule has 0 radical (unpaired) electrons. The average molecular weight is 293 g/mol. The molecule has 1 amide bonds. The number of nitrogens with zero attached hydrogens (tertiary/aromatic N) is 4. The number of fused-ring (bicyclic) bond motifs is 1. The first-order valence-corrected chi connectivity index (χ1v) is 7.38. The zero-order valence-electron chi connectivity index (χ0n) is 11.9. The maximum Gasteiger partial charge on any atom is 0.255 e. The van der Waals surface area contributed by atoms with Crippen LogP contribution < -0.4 is 5.32 Å². The summed E-state index contributed by atoms with van der Waals surface area (Å²) in [6.07, 6.45) is 8.72. The first-order chi connectivity index (χ1) is 10.8. The predicted octanol–water partition coefficient (Wildman–Crippen LogP) is 2.64. The van der Waals surface area contributed by atoms with Gasteiger partial charge in [0, 0.05) is 30.1 Å². The molecule has 6 heteroatoms. The Morgan fingerprint density at radius 3 is 2.73 bits per heavy atom. The Labute approximate surface area is 127 Å². The Bertz CT molecular complexity index is 823. The van der Waals surface area contributed by atoms with Gasteiger partial charge in [0.2, 0.25) is 0 Å². The number of hydrogen-bond donors (Lipinski definition) is 1. The normalized spacial score (nSPS) is 14.7. The quantitative estimate of drug-likeness (QED) is 0.805. The van der Waals surface area contributed by atoms with Gasteiger partial charge in [0.05, 0.1) is 5.69 Å². The number of amides is 1. The number of pyridine rings is 2. The second kappa shape index (κ2) is 5.22. The molecule has 0 aliphatic heterocycles. The number of carbonyl (C=O) groups excluding carboxylic acids is 1. The zero-order valence-corrected chi connectivity index (χ0v) is 11.9. The Kier molecular flexibility index (Phi) is 3.07. The monoisotopic (exact) mass is 293 g/mol. The smallest absolute Gasteiger partial charge is 0.255 e. The van der Waals surface area contributed by atoms with Gasteiger partial charge in [-0.1, -0.05) is 6.42 Å². The third-order valence-electron chi connectivity index (χ3n) is 4.12. The van der Waals surface area contributed by atoms with Crippen molar-refractivity contribution in [2.24, 2.45) is 0 Å². The van der Waals surface area contributed by atoms with Gasteiger partial charge in [-0.2, -0.15) is 0 Å². The van der Waals surface area contributed by atoms with Crippen LogP contribution in [-0.4, -0.2) is 25.5 Å². The van der Waals surface area contributed by atoms with Crippen molar-refractivity contribution in [1.82, 2.24) is 19.6 Å². The Hall–Kier alpha value is -2.76. The Morgan fingerprint density at radius 2 is 2.00 bits per heavy atom. The van der Waals surface area contributed by atoms with Crippen molar-refractivity contribution in [3.8, 4) is 0 Å². The second-order valence-electron chi connectivity index (χ2n) is 5.49. The summed E-state index contributed by atoms with van der Waals surface area (Å²) in [6, 6.07) is 7.10. The summed E-state index contributed by atoms with van der Waals surface area (Å²) >= 11 is 0. The summed E-state index contributed by atoms with van der Waals surface area (Å²) in [7, 11) is 0. The molecule has 1 aliphatic rings. The molecule has 0 bridgehead atoms. The highest BCUT2D eigenvalue weighted by molar-refractivity contribution is 6.05. The molecule has 22 heavy (non-hydrogen) atoms. The lowest BCUT2D eigenvalue weighted by atomic mass is 9.85. The maximum absolute atomic E-state index is 12.3. The van der Waals surface area contributed by atoms with Gasteiger partial charge in [-0.25, -0.2) is 0 Å².